The zero-order valence-corrected chi connectivity index (χ0v) is 12.3. The van der Waals surface area contributed by atoms with Crippen molar-refractivity contribution in [2.24, 2.45) is 27.6 Å². The molecule has 0 radical (unpaired) electrons. The molecule has 5 nitrogen and oxygen atoms in total. The Morgan fingerprint density at radius 1 is 1.43 bits per heavy atom. The molecule has 110 valence electrons. The third-order valence-corrected chi connectivity index (χ3v) is 3.60. The number of nitrogens with two attached hydrogens (primary N) is 2. The van der Waals surface area contributed by atoms with Gasteiger partial charge in [-0.05, 0) is 17.7 Å². The van der Waals surface area contributed by atoms with Crippen molar-refractivity contribution in [3.05, 3.63) is 41.6 Å². The Balaban J connectivity index is 2.40. The van der Waals surface area contributed by atoms with Crippen LogP contribution >= 0.6 is 0 Å². The third kappa shape index (κ3) is 3.37. The van der Waals surface area contributed by atoms with Crippen molar-refractivity contribution in [1.82, 2.24) is 0 Å². The molecule has 0 aromatic heterocycles. The zero-order chi connectivity index (χ0) is 15.4. The second kappa shape index (κ2) is 6.35. The van der Waals surface area contributed by atoms with Crippen LogP contribution in [0.25, 0.3) is 0 Å². The number of nitrogens with zero attached hydrogens (tertiary/aromatic N) is 2. The summed E-state index contributed by atoms with van der Waals surface area (Å²) >= 11 is 0. The minimum Gasteiger partial charge on any atom is -0.398 e. The lowest BCUT2D eigenvalue weighted by atomic mass is 9.84. The fourth-order valence-electron chi connectivity index (χ4n) is 2.52. The summed E-state index contributed by atoms with van der Waals surface area (Å²) in [5, 5.41) is 0. The van der Waals surface area contributed by atoms with Gasteiger partial charge in [-0.3, -0.25) is 14.8 Å². The molecule has 1 aromatic rings. The van der Waals surface area contributed by atoms with E-state index in [1.165, 1.54) is 0 Å². The molecule has 1 aliphatic rings. The first kappa shape index (κ1) is 15.0. The Morgan fingerprint density at radius 3 is 2.81 bits per heavy atom. The largest absolute Gasteiger partial charge is 0.398 e. The van der Waals surface area contributed by atoms with Gasteiger partial charge >= 0.3 is 0 Å². The van der Waals surface area contributed by atoms with Crippen LogP contribution < -0.4 is 11.5 Å². The van der Waals surface area contributed by atoms with Crippen LogP contribution in [0.5, 0.6) is 0 Å². The summed E-state index contributed by atoms with van der Waals surface area (Å²) < 4.78 is 0. The molecule has 0 aliphatic carbocycles. The SMILES string of the molecule is CN=C(c1cc(CC(N)=O)ccc1N)C1C=CN=C[C@@H]1C. The van der Waals surface area contributed by atoms with Gasteiger partial charge in [0.15, 0.2) is 0 Å². The molecule has 5 heteroatoms. The van der Waals surface area contributed by atoms with Crippen LogP contribution in [0, 0.1) is 11.8 Å². The van der Waals surface area contributed by atoms with Crippen LogP contribution in [0.15, 0.2) is 40.5 Å². The van der Waals surface area contributed by atoms with E-state index in [9.17, 15) is 4.79 Å². The first-order chi connectivity index (χ1) is 10.0. The molecule has 1 unspecified atom stereocenters. The number of aliphatic imine (C=N–C) groups is 2. The van der Waals surface area contributed by atoms with Crippen molar-refractivity contribution in [1.29, 1.82) is 0 Å². The molecule has 0 fully saturated rings. The summed E-state index contributed by atoms with van der Waals surface area (Å²) in [6.07, 6.45) is 5.90. The number of rotatable bonds is 4. The molecular formula is C16H20N4O. The van der Waals surface area contributed by atoms with Gasteiger partial charge in [0.2, 0.25) is 5.91 Å². The van der Waals surface area contributed by atoms with Crippen LogP contribution in [0.2, 0.25) is 0 Å². The molecule has 2 rings (SSSR count). The minimum atomic E-state index is -0.362. The summed E-state index contributed by atoms with van der Waals surface area (Å²) in [6, 6.07) is 5.51. The Bertz CT molecular complexity index is 631. The number of allylic oxidation sites excluding steroid dienone is 1. The van der Waals surface area contributed by atoms with E-state index >= 15 is 0 Å². The van der Waals surface area contributed by atoms with E-state index in [4.69, 9.17) is 11.5 Å². The van der Waals surface area contributed by atoms with Gasteiger partial charge in [-0.2, -0.15) is 0 Å². The molecule has 1 amide bonds. The lowest BCUT2D eigenvalue weighted by Crippen LogP contribution is -2.25. The number of carbonyl (C=O) groups excluding carboxylic acids is 1. The summed E-state index contributed by atoms with van der Waals surface area (Å²) in [7, 11) is 1.75. The molecule has 21 heavy (non-hydrogen) atoms. The van der Waals surface area contributed by atoms with Gasteiger partial charge in [0, 0.05) is 42.5 Å². The van der Waals surface area contributed by atoms with E-state index in [2.05, 4.69) is 16.9 Å². The third-order valence-electron chi connectivity index (χ3n) is 3.60. The molecule has 2 atom stereocenters. The number of hydrogen-bond donors (Lipinski definition) is 2. The Kier molecular flexibility index (Phi) is 4.52. The molecule has 1 aliphatic heterocycles. The molecule has 1 heterocycles. The van der Waals surface area contributed by atoms with Crippen LogP contribution in [0.1, 0.15) is 18.1 Å². The predicted octanol–water partition coefficient (Wildman–Crippen LogP) is 1.57. The van der Waals surface area contributed by atoms with E-state index in [0.717, 1.165) is 16.8 Å². The Hall–Kier alpha value is -2.43. The van der Waals surface area contributed by atoms with E-state index in [1.807, 2.05) is 24.4 Å². The summed E-state index contributed by atoms with van der Waals surface area (Å²) in [5.74, 6) is 0.00490. The Labute approximate surface area is 124 Å². The van der Waals surface area contributed by atoms with Gasteiger partial charge in [-0.25, -0.2) is 0 Å². The first-order valence-corrected chi connectivity index (χ1v) is 6.86. The Morgan fingerprint density at radius 2 is 2.19 bits per heavy atom. The predicted molar refractivity (Wildman–Crippen MR) is 86.5 cm³/mol. The summed E-state index contributed by atoms with van der Waals surface area (Å²) in [4.78, 5) is 19.7. The highest BCUT2D eigenvalue weighted by Crippen LogP contribution is 2.25. The fraction of sp³-hybridized carbons (Fsp3) is 0.312. The van der Waals surface area contributed by atoms with Crippen molar-refractivity contribution in [2.75, 3.05) is 12.8 Å². The van der Waals surface area contributed by atoms with Gasteiger partial charge in [0.1, 0.15) is 0 Å². The number of amides is 1. The first-order valence-electron chi connectivity index (χ1n) is 6.86. The van der Waals surface area contributed by atoms with Crippen LogP contribution in [0.3, 0.4) is 0 Å². The second-order valence-electron chi connectivity index (χ2n) is 5.20. The average Bonchev–Trinajstić information content (AvgIpc) is 2.44. The number of primary amides is 1. The van der Waals surface area contributed by atoms with Crippen molar-refractivity contribution < 1.29 is 4.79 Å². The second-order valence-corrected chi connectivity index (χ2v) is 5.20. The van der Waals surface area contributed by atoms with Crippen LogP contribution in [0.4, 0.5) is 5.69 Å². The highest BCUT2D eigenvalue weighted by atomic mass is 16.1. The van der Waals surface area contributed by atoms with Gasteiger partial charge in [-0.1, -0.05) is 19.1 Å². The molecule has 0 saturated heterocycles. The number of benzene rings is 1. The van der Waals surface area contributed by atoms with Crippen LogP contribution in [-0.2, 0) is 11.2 Å². The van der Waals surface area contributed by atoms with E-state index < -0.39 is 0 Å². The highest BCUT2D eigenvalue weighted by Gasteiger charge is 2.23. The van der Waals surface area contributed by atoms with Crippen LogP contribution in [-0.4, -0.2) is 24.9 Å². The lowest BCUT2D eigenvalue weighted by molar-refractivity contribution is -0.117. The van der Waals surface area contributed by atoms with Gasteiger partial charge < -0.3 is 11.5 Å². The number of hydrogen-bond acceptors (Lipinski definition) is 4. The quantitative estimate of drug-likeness (QED) is 0.648. The maximum atomic E-state index is 11.1. The van der Waals surface area contributed by atoms with Crippen molar-refractivity contribution in [2.45, 2.75) is 13.3 Å². The van der Waals surface area contributed by atoms with Gasteiger partial charge in [-0.15, -0.1) is 0 Å². The van der Waals surface area contributed by atoms with Crippen molar-refractivity contribution >= 4 is 23.5 Å². The number of carbonyl (C=O) groups is 1. The monoisotopic (exact) mass is 284 g/mol. The molecule has 1 aromatic carbocycles. The summed E-state index contributed by atoms with van der Waals surface area (Å²) in [5.41, 5.74) is 14.6. The van der Waals surface area contributed by atoms with Gasteiger partial charge in [0.05, 0.1) is 12.1 Å². The standard InChI is InChI=1S/C16H20N4O/c1-10-9-20-6-5-12(10)16(19-2)13-7-11(8-15(18)21)3-4-14(13)17/h3-7,9-10,12H,8,17H2,1-2H3,(H2,18,21)/t10-,12?/m0/s1. The molecule has 4 N–H and O–H groups in total. The maximum absolute atomic E-state index is 11.1. The topological polar surface area (TPSA) is 93.8 Å². The van der Waals surface area contributed by atoms with E-state index in [-0.39, 0.29) is 24.2 Å². The minimum absolute atomic E-state index is 0.124. The average molecular weight is 284 g/mol. The van der Waals surface area contributed by atoms with Crippen molar-refractivity contribution in [3.8, 4) is 0 Å². The molecule has 0 saturated carbocycles. The van der Waals surface area contributed by atoms with E-state index in [0.29, 0.717) is 5.69 Å². The molecular weight excluding hydrogens is 264 g/mol. The molecule has 0 spiro atoms. The zero-order valence-electron chi connectivity index (χ0n) is 12.3. The lowest BCUT2D eigenvalue weighted by Gasteiger charge is -2.23. The molecule has 0 bridgehead atoms. The maximum Gasteiger partial charge on any atom is 0.221 e. The van der Waals surface area contributed by atoms with E-state index in [1.54, 1.807) is 19.3 Å². The normalized spacial score (nSPS) is 21.5. The smallest absolute Gasteiger partial charge is 0.221 e. The van der Waals surface area contributed by atoms with Gasteiger partial charge in [0.25, 0.3) is 0 Å². The van der Waals surface area contributed by atoms with Crippen molar-refractivity contribution in [3.63, 3.8) is 0 Å². The highest BCUT2D eigenvalue weighted by molar-refractivity contribution is 6.08. The fourth-order valence-corrected chi connectivity index (χ4v) is 2.52. The number of anilines is 1. The summed E-state index contributed by atoms with van der Waals surface area (Å²) in [6.45, 7) is 2.09. The number of nitrogen functional groups attached to an aromatic ring is 1.